The first-order valence-electron chi connectivity index (χ1n) is 5.81. The van der Waals surface area contributed by atoms with Crippen molar-refractivity contribution in [1.82, 2.24) is 0 Å². The Morgan fingerprint density at radius 1 is 1.11 bits per heavy atom. The van der Waals surface area contributed by atoms with E-state index in [4.69, 9.17) is 4.42 Å². The minimum Gasteiger partial charge on any atom is -0.472 e. The molecule has 4 heteroatoms. The van der Waals surface area contributed by atoms with Gasteiger partial charge in [0.05, 0.1) is 11.8 Å². The van der Waals surface area contributed by atoms with Crippen LogP contribution in [-0.2, 0) is 0 Å². The first kappa shape index (κ1) is 11.7. The number of anilines is 1. The molecule has 0 atom stereocenters. The third-order valence-corrected chi connectivity index (χ3v) is 3.65. The fourth-order valence-corrected chi connectivity index (χ4v) is 2.59. The molecule has 3 aromatic rings. The lowest BCUT2D eigenvalue weighted by atomic mass is 10.1. The number of para-hydroxylation sites is 1. The zero-order valence-electron chi connectivity index (χ0n) is 10.00. The van der Waals surface area contributed by atoms with Crippen LogP contribution in [0.2, 0.25) is 0 Å². The summed E-state index contributed by atoms with van der Waals surface area (Å²) in [5.41, 5.74) is 2.34. The summed E-state index contributed by atoms with van der Waals surface area (Å²) in [5, 5.41) is 4.93. The monoisotopic (exact) mass is 269 g/mol. The summed E-state index contributed by atoms with van der Waals surface area (Å²) in [5.74, 6) is -0.169. The highest BCUT2D eigenvalue weighted by atomic mass is 32.1. The van der Waals surface area contributed by atoms with E-state index >= 15 is 0 Å². The van der Waals surface area contributed by atoms with Gasteiger partial charge in [0, 0.05) is 16.1 Å². The van der Waals surface area contributed by atoms with Gasteiger partial charge in [0.1, 0.15) is 6.26 Å². The van der Waals surface area contributed by atoms with Crippen LogP contribution < -0.4 is 5.32 Å². The molecular formula is C15H11NO2S. The molecule has 0 radical (unpaired) electrons. The molecule has 0 bridgehead atoms. The van der Waals surface area contributed by atoms with Gasteiger partial charge in [0.25, 0.3) is 5.91 Å². The van der Waals surface area contributed by atoms with Crippen LogP contribution in [-0.4, -0.2) is 5.91 Å². The van der Waals surface area contributed by atoms with Gasteiger partial charge in [-0.05, 0) is 23.6 Å². The number of carbonyl (C=O) groups is 1. The van der Waals surface area contributed by atoms with Crippen molar-refractivity contribution in [3.05, 3.63) is 65.9 Å². The predicted octanol–water partition coefficient (Wildman–Crippen LogP) is 4.26. The smallest absolute Gasteiger partial charge is 0.258 e. The van der Waals surface area contributed by atoms with E-state index in [9.17, 15) is 4.79 Å². The maximum absolute atomic E-state index is 12.0. The molecule has 0 spiro atoms. The van der Waals surface area contributed by atoms with Crippen LogP contribution in [0.5, 0.6) is 0 Å². The van der Waals surface area contributed by atoms with Gasteiger partial charge in [0.15, 0.2) is 0 Å². The molecule has 0 aliphatic rings. The molecule has 1 aromatic carbocycles. The highest BCUT2D eigenvalue weighted by Gasteiger charge is 2.11. The van der Waals surface area contributed by atoms with Crippen LogP contribution in [0.3, 0.4) is 0 Å². The number of nitrogens with one attached hydrogen (secondary N) is 1. The summed E-state index contributed by atoms with van der Waals surface area (Å²) >= 11 is 1.64. The summed E-state index contributed by atoms with van der Waals surface area (Å²) in [7, 11) is 0. The van der Waals surface area contributed by atoms with Crippen molar-refractivity contribution in [3.63, 3.8) is 0 Å². The number of furan rings is 1. The largest absolute Gasteiger partial charge is 0.472 e. The van der Waals surface area contributed by atoms with E-state index in [-0.39, 0.29) is 5.91 Å². The summed E-state index contributed by atoms with van der Waals surface area (Å²) < 4.78 is 4.92. The lowest BCUT2D eigenvalue weighted by Crippen LogP contribution is -2.11. The maximum atomic E-state index is 12.0. The van der Waals surface area contributed by atoms with Gasteiger partial charge in [-0.3, -0.25) is 4.79 Å². The van der Waals surface area contributed by atoms with Gasteiger partial charge in [-0.2, -0.15) is 0 Å². The number of amides is 1. The average molecular weight is 269 g/mol. The van der Waals surface area contributed by atoms with Crippen LogP contribution in [0.1, 0.15) is 10.4 Å². The Morgan fingerprint density at radius 2 is 2.00 bits per heavy atom. The van der Waals surface area contributed by atoms with E-state index in [0.29, 0.717) is 5.56 Å². The first-order valence-corrected chi connectivity index (χ1v) is 6.69. The SMILES string of the molecule is O=C(Nc1ccccc1-c1cccs1)c1ccoc1. The fourth-order valence-electron chi connectivity index (χ4n) is 1.83. The van der Waals surface area contributed by atoms with Gasteiger partial charge in [-0.15, -0.1) is 11.3 Å². The summed E-state index contributed by atoms with van der Waals surface area (Å²) in [6.45, 7) is 0. The topological polar surface area (TPSA) is 42.2 Å². The Labute approximate surface area is 114 Å². The van der Waals surface area contributed by atoms with Gasteiger partial charge < -0.3 is 9.73 Å². The lowest BCUT2D eigenvalue weighted by Gasteiger charge is -2.08. The van der Waals surface area contributed by atoms with E-state index in [1.54, 1.807) is 17.4 Å². The van der Waals surface area contributed by atoms with E-state index in [1.165, 1.54) is 12.5 Å². The van der Waals surface area contributed by atoms with Gasteiger partial charge in [-0.25, -0.2) is 0 Å². The molecule has 3 nitrogen and oxygen atoms in total. The van der Waals surface area contributed by atoms with E-state index in [2.05, 4.69) is 5.32 Å². The zero-order valence-corrected chi connectivity index (χ0v) is 10.8. The molecule has 3 rings (SSSR count). The van der Waals surface area contributed by atoms with Crippen molar-refractivity contribution in [2.75, 3.05) is 5.32 Å². The molecule has 19 heavy (non-hydrogen) atoms. The second-order valence-electron chi connectivity index (χ2n) is 3.99. The van der Waals surface area contributed by atoms with E-state index in [0.717, 1.165) is 16.1 Å². The molecule has 1 N–H and O–H groups in total. The van der Waals surface area contributed by atoms with Crippen LogP contribution in [0.4, 0.5) is 5.69 Å². The number of carbonyl (C=O) groups excluding carboxylic acids is 1. The van der Waals surface area contributed by atoms with Gasteiger partial charge >= 0.3 is 0 Å². The second kappa shape index (κ2) is 5.12. The van der Waals surface area contributed by atoms with Crippen molar-refractivity contribution in [3.8, 4) is 10.4 Å². The summed E-state index contributed by atoms with van der Waals surface area (Å²) in [4.78, 5) is 13.2. The highest BCUT2D eigenvalue weighted by Crippen LogP contribution is 2.31. The minimum atomic E-state index is -0.169. The van der Waals surface area contributed by atoms with Crippen molar-refractivity contribution in [2.24, 2.45) is 0 Å². The third kappa shape index (κ3) is 2.44. The molecule has 0 saturated heterocycles. The standard InChI is InChI=1S/C15H11NO2S/c17-15(11-7-8-18-10-11)16-13-5-2-1-4-12(13)14-6-3-9-19-14/h1-10H,(H,16,17). The Kier molecular flexibility index (Phi) is 3.16. The number of rotatable bonds is 3. The summed E-state index contributed by atoms with van der Waals surface area (Å²) in [6, 6.07) is 13.4. The molecule has 1 amide bonds. The van der Waals surface area contributed by atoms with Gasteiger partial charge in [0.2, 0.25) is 0 Å². The Hall–Kier alpha value is -2.33. The molecule has 0 aliphatic carbocycles. The van der Waals surface area contributed by atoms with Crippen molar-refractivity contribution >= 4 is 22.9 Å². The van der Waals surface area contributed by atoms with Crippen LogP contribution in [0.25, 0.3) is 10.4 Å². The number of benzene rings is 1. The molecule has 0 saturated carbocycles. The van der Waals surface area contributed by atoms with E-state index < -0.39 is 0 Å². The average Bonchev–Trinajstić information content (AvgIpc) is 3.13. The molecular weight excluding hydrogens is 258 g/mol. The molecule has 2 aromatic heterocycles. The van der Waals surface area contributed by atoms with Gasteiger partial charge in [-0.1, -0.05) is 24.3 Å². The highest BCUT2D eigenvalue weighted by molar-refractivity contribution is 7.13. The van der Waals surface area contributed by atoms with E-state index in [1.807, 2.05) is 41.8 Å². The quantitative estimate of drug-likeness (QED) is 0.772. The van der Waals surface area contributed by atoms with Crippen molar-refractivity contribution < 1.29 is 9.21 Å². The first-order chi connectivity index (χ1) is 9.34. The number of thiophene rings is 1. The predicted molar refractivity (Wildman–Crippen MR) is 76.4 cm³/mol. The molecule has 0 unspecified atom stereocenters. The van der Waals surface area contributed by atoms with Crippen LogP contribution in [0, 0.1) is 0 Å². The zero-order chi connectivity index (χ0) is 13.1. The van der Waals surface area contributed by atoms with Crippen LogP contribution >= 0.6 is 11.3 Å². The van der Waals surface area contributed by atoms with Crippen molar-refractivity contribution in [1.29, 1.82) is 0 Å². The second-order valence-corrected chi connectivity index (χ2v) is 4.94. The number of hydrogen-bond donors (Lipinski definition) is 1. The molecule has 0 aliphatic heterocycles. The lowest BCUT2D eigenvalue weighted by molar-refractivity contribution is 0.102. The normalized spacial score (nSPS) is 10.3. The Balaban J connectivity index is 1.92. The van der Waals surface area contributed by atoms with Crippen molar-refractivity contribution in [2.45, 2.75) is 0 Å². The molecule has 2 heterocycles. The summed E-state index contributed by atoms with van der Waals surface area (Å²) in [6.07, 6.45) is 2.92. The third-order valence-electron chi connectivity index (χ3n) is 2.75. The molecule has 0 fully saturated rings. The Bertz CT molecular complexity index is 672. The number of hydrogen-bond acceptors (Lipinski definition) is 3. The molecule has 94 valence electrons. The minimum absolute atomic E-state index is 0.169. The fraction of sp³-hybridized carbons (Fsp3) is 0. The van der Waals surface area contributed by atoms with Crippen LogP contribution in [0.15, 0.2) is 64.8 Å². The maximum Gasteiger partial charge on any atom is 0.258 e. The Morgan fingerprint density at radius 3 is 2.74 bits per heavy atom.